The summed E-state index contributed by atoms with van der Waals surface area (Å²) in [7, 11) is 0. The molecule has 3 amide bonds. The van der Waals surface area contributed by atoms with E-state index in [-0.39, 0.29) is 11.6 Å². The molecule has 1 aromatic heterocycles. The second-order valence-corrected chi connectivity index (χ2v) is 9.13. The van der Waals surface area contributed by atoms with Gasteiger partial charge in [0.2, 0.25) is 5.91 Å². The molecule has 0 bridgehead atoms. The first-order chi connectivity index (χ1) is 14.8. The highest BCUT2D eigenvalue weighted by Gasteiger charge is 2.26. The fourth-order valence-electron chi connectivity index (χ4n) is 3.16. The number of hydrogen-bond donors (Lipinski definition) is 2. The van der Waals surface area contributed by atoms with Gasteiger partial charge in [-0.25, -0.2) is 9.78 Å². The Labute approximate surface area is 184 Å². The maximum Gasteiger partial charge on any atom is 0.321 e. The highest BCUT2D eigenvalue weighted by Crippen LogP contribution is 2.26. The van der Waals surface area contributed by atoms with Gasteiger partial charge in [-0.15, -0.1) is 0 Å². The molecule has 1 unspecified atom stereocenters. The molecule has 2 N–H and O–H groups in total. The molecular weight excluding hydrogens is 412 g/mol. The monoisotopic (exact) mass is 436 g/mol. The van der Waals surface area contributed by atoms with Crippen molar-refractivity contribution in [1.82, 2.24) is 20.2 Å². The predicted octanol–water partition coefficient (Wildman–Crippen LogP) is 3.47. The van der Waals surface area contributed by atoms with Crippen LogP contribution in [0.2, 0.25) is 0 Å². The summed E-state index contributed by atoms with van der Waals surface area (Å²) in [5.41, 5.74) is 3.22. The van der Waals surface area contributed by atoms with E-state index in [0.29, 0.717) is 21.7 Å². The molecule has 0 aliphatic heterocycles. The van der Waals surface area contributed by atoms with Crippen LogP contribution in [0.4, 0.5) is 4.79 Å². The Hall–Kier alpha value is -3.13. The van der Waals surface area contributed by atoms with Gasteiger partial charge in [0.05, 0.1) is 21.8 Å². The van der Waals surface area contributed by atoms with E-state index in [9.17, 15) is 14.4 Å². The van der Waals surface area contributed by atoms with Gasteiger partial charge >= 0.3 is 6.03 Å². The van der Waals surface area contributed by atoms with Crippen molar-refractivity contribution in [2.45, 2.75) is 50.1 Å². The molecule has 7 nitrogen and oxygen atoms in total. The molecule has 0 spiro atoms. The lowest BCUT2D eigenvalue weighted by molar-refractivity contribution is -0.119. The summed E-state index contributed by atoms with van der Waals surface area (Å²) < 4.78 is 1.54. The van der Waals surface area contributed by atoms with Crippen molar-refractivity contribution in [2.24, 2.45) is 0 Å². The minimum atomic E-state index is -0.629. The molecule has 0 radical (unpaired) electrons. The van der Waals surface area contributed by atoms with Crippen molar-refractivity contribution in [3.05, 3.63) is 63.9 Å². The summed E-state index contributed by atoms with van der Waals surface area (Å²) in [4.78, 5) is 42.5. The van der Waals surface area contributed by atoms with Crippen LogP contribution < -0.4 is 16.2 Å². The number of aromatic nitrogens is 2. The molecule has 1 atom stereocenters. The Morgan fingerprint density at radius 1 is 1.13 bits per heavy atom. The molecule has 1 saturated carbocycles. The number of carbonyl (C=O) groups is 2. The topological polar surface area (TPSA) is 93.1 Å². The van der Waals surface area contributed by atoms with E-state index in [0.717, 1.165) is 35.7 Å². The molecule has 8 heteroatoms. The summed E-state index contributed by atoms with van der Waals surface area (Å²) in [5.74, 6) is -0.433. The third-order valence-corrected chi connectivity index (χ3v) is 6.35. The van der Waals surface area contributed by atoms with Gasteiger partial charge in [-0.3, -0.25) is 19.5 Å². The number of amides is 3. The van der Waals surface area contributed by atoms with Crippen LogP contribution in [0, 0.1) is 13.8 Å². The Balaban J connectivity index is 1.70. The van der Waals surface area contributed by atoms with E-state index in [4.69, 9.17) is 0 Å². The second-order valence-electron chi connectivity index (χ2n) is 7.82. The molecule has 31 heavy (non-hydrogen) atoms. The molecule has 1 aliphatic rings. The Bertz CT molecular complexity index is 1230. The molecule has 1 aliphatic carbocycles. The van der Waals surface area contributed by atoms with Crippen LogP contribution in [0.1, 0.15) is 30.9 Å². The van der Waals surface area contributed by atoms with E-state index >= 15 is 0 Å². The lowest BCUT2D eigenvalue weighted by Crippen LogP contribution is -2.43. The summed E-state index contributed by atoms with van der Waals surface area (Å²) in [6, 6.07) is 12.6. The van der Waals surface area contributed by atoms with E-state index in [1.165, 1.54) is 4.57 Å². The fourth-order valence-corrected chi connectivity index (χ4v) is 4.09. The quantitative estimate of drug-likeness (QED) is 0.472. The Kier molecular flexibility index (Phi) is 5.82. The second kappa shape index (κ2) is 8.55. The molecule has 1 fully saturated rings. The molecular formula is C23H24N4O3S. The number of urea groups is 1. The molecule has 0 saturated heterocycles. The van der Waals surface area contributed by atoms with Crippen LogP contribution >= 0.6 is 11.8 Å². The zero-order valence-electron chi connectivity index (χ0n) is 17.6. The van der Waals surface area contributed by atoms with Gasteiger partial charge in [0, 0.05) is 6.04 Å². The van der Waals surface area contributed by atoms with Crippen molar-refractivity contribution in [3.63, 3.8) is 0 Å². The number of carbonyl (C=O) groups excluding carboxylic acids is 2. The number of fused-ring (bicyclic) bond motifs is 1. The normalized spacial score (nSPS) is 14.3. The van der Waals surface area contributed by atoms with Crippen molar-refractivity contribution in [1.29, 1.82) is 0 Å². The first kappa shape index (κ1) is 21.1. The van der Waals surface area contributed by atoms with E-state index in [2.05, 4.69) is 15.6 Å². The van der Waals surface area contributed by atoms with Crippen molar-refractivity contribution < 1.29 is 9.59 Å². The number of benzene rings is 2. The van der Waals surface area contributed by atoms with Crippen LogP contribution in [0.5, 0.6) is 0 Å². The van der Waals surface area contributed by atoms with Gasteiger partial charge in [-0.05, 0) is 69.0 Å². The van der Waals surface area contributed by atoms with Crippen molar-refractivity contribution >= 4 is 34.6 Å². The highest BCUT2D eigenvalue weighted by atomic mass is 32.2. The Morgan fingerprint density at radius 3 is 2.58 bits per heavy atom. The van der Waals surface area contributed by atoms with Gasteiger partial charge in [0.25, 0.3) is 5.56 Å². The lowest BCUT2D eigenvalue weighted by atomic mass is 10.1. The highest BCUT2D eigenvalue weighted by molar-refractivity contribution is 8.00. The van der Waals surface area contributed by atoms with Crippen molar-refractivity contribution in [2.75, 3.05) is 0 Å². The molecule has 160 valence electrons. The third kappa shape index (κ3) is 4.64. The largest absolute Gasteiger partial charge is 0.335 e. The van der Waals surface area contributed by atoms with Gasteiger partial charge < -0.3 is 5.32 Å². The van der Waals surface area contributed by atoms with E-state index in [1.807, 2.05) is 38.1 Å². The smallest absolute Gasteiger partial charge is 0.321 e. The number of rotatable bonds is 5. The zero-order chi connectivity index (χ0) is 22.1. The van der Waals surface area contributed by atoms with Crippen LogP contribution in [0.25, 0.3) is 16.6 Å². The Morgan fingerprint density at radius 2 is 1.87 bits per heavy atom. The van der Waals surface area contributed by atoms with E-state index < -0.39 is 17.2 Å². The molecule has 2 aromatic carbocycles. The average molecular weight is 437 g/mol. The van der Waals surface area contributed by atoms with Crippen LogP contribution in [0.15, 0.2) is 52.4 Å². The summed E-state index contributed by atoms with van der Waals surface area (Å²) in [6.07, 6.45) is 1.88. The zero-order valence-corrected chi connectivity index (χ0v) is 18.5. The van der Waals surface area contributed by atoms with Gasteiger partial charge in [0.1, 0.15) is 0 Å². The fraction of sp³-hybridized carbons (Fsp3) is 0.304. The lowest BCUT2D eigenvalue weighted by Gasteiger charge is -2.17. The number of imide groups is 1. The predicted molar refractivity (Wildman–Crippen MR) is 122 cm³/mol. The van der Waals surface area contributed by atoms with Crippen LogP contribution in [0.3, 0.4) is 0 Å². The number of nitrogens with zero attached hydrogens (tertiary/aromatic N) is 2. The minimum Gasteiger partial charge on any atom is -0.335 e. The summed E-state index contributed by atoms with van der Waals surface area (Å²) >= 11 is 1.15. The summed E-state index contributed by atoms with van der Waals surface area (Å²) in [5, 5.41) is 5.39. The standard InChI is InChI=1S/C23H24N4O3S/c1-13-8-11-17(12-14(13)2)27-21(29)18-6-4-5-7-19(18)25-23(27)31-15(3)20(28)26-22(30)24-16-9-10-16/h4-8,11-12,15-16H,9-10H2,1-3H3,(H2,24,26,28,30). The minimum absolute atomic E-state index is 0.160. The van der Waals surface area contributed by atoms with E-state index in [1.54, 1.807) is 25.1 Å². The van der Waals surface area contributed by atoms with Crippen LogP contribution in [-0.4, -0.2) is 32.8 Å². The molecule has 3 aromatic rings. The van der Waals surface area contributed by atoms with Gasteiger partial charge in [-0.2, -0.15) is 0 Å². The summed E-state index contributed by atoms with van der Waals surface area (Å²) in [6.45, 7) is 5.69. The first-order valence-electron chi connectivity index (χ1n) is 10.2. The average Bonchev–Trinajstić information content (AvgIpc) is 3.54. The molecule has 4 rings (SSSR count). The SMILES string of the molecule is Cc1ccc(-n2c(SC(C)C(=O)NC(=O)NC3CC3)nc3ccccc3c2=O)cc1C. The number of thioether (sulfide) groups is 1. The van der Waals surface area contributed by atoms with Crippen LogP contribution in [-0.2, 0) is 4.79 Å². The maximum absolute atomic E-state index is 13.3. The third-order valence-electron chi connectivity index (χ3n) is 5.29. The van der Waals surface area contributed by atoms with Gasteiger partial charge in [-0.1, -0.05) is 30.0 Å². The molecule has 1 heterocycles. The first-order valence-corrected chi connectivity index (χ1v) is 11.1. The number of hydrogen-bond acceptors (Lipinski definition) is 5. The van der Waals surface area contributed by atoms with Crippen molar-refractivity contribution in [3.8, 4) is 5.69 Å². The maximum atomic E-state index is 13.3. The number of nitrogens with one attached hydrogen (secondary N) is 2. The number of aryl methyl sites for hydroxylation is 2. The number of para-hydroxylation sites is 1. The van der Waals surface area contributed by atoms with Gasteiger partial charge in [0.15, 0.2) is 5.16 Å².